The highest BCUT2D eigenvalue weighted by molar-refractivity contribution is 6.03. The van der Waals surface area contributed by atoms with Crippen molar-refractivity contribution in [2.75, 3.05) is 5.32 Å². The Morgan fingerprint density at radius 1 is 1.20 bits per heavy atom. The number of carbonyl (C=O) groups excluding carboxylic acids is 1. The van der Waals surface area contributed by atoms with E-state index >= 15 is 0 Å². The molecule has 0 bridgehead atoms. The Morgan fingerprint density at radius 2 is 2.04 bits per heavy atom. The van der Waals surface area contributed by atoms with Crippen molar-refractivity contribution in [2.24, 2.45) is 0 Å². The number of rotatable bonds is 4. The average molecular weight is 340 g/mol. The Labute approximate surface area is 140 Å². The number of nitrogens with zero attached hydrogens (tertiary/aromatic N) is 2. The van der Waals surface area contributed by atoms with Crippen molar-refractivity contribution in [1.29, 1.82) is 0 Å². The summed E-state index contributed by atoms with van der Waals surface area (Å²) in [6.07, 6.45) is 2.57. The molecule has 8 heteroatoms. The van der Waals surface area contributed by atoms with Crippen LogP contribution in [0.25, 0.3) is 0 Å². The highest BCUT2D eigenvalue weighted by Crippen LogP contribution is 2.09. The van der Waals surface area contributed by atoms with E-state index in [0.29, 0.717) is 5.69 Å². The van der Waals surface area contributed by atoms with Gasteiger partial charge in [-0.25, -0.2) is 9.18 Å². The van der Waals surface area contributed by atoms with E-state index in [1.165, 1.54) is 24.4 Å². The zero-order valence-electron chi connectivity index (χ0n) is 12.9. The fraction of sp³-hybridized carbons (Fsp3) is 0.0588. The molecule has 0 atom stereocenters. The first-order valence-electron chi connectivity index (χ1n) is 7.34. The number of aromatic amines is 1. The topological polar surface area (TPSA) is 96.8 Å². The number of halogens is 1. The van der Waals surface area contributed by atoms with Gasteiger partial charge in [-0.1, -0.05) is 12.1 Å². The Balaban J connectivity index is 1.92. The summed E-state index contributed by atoms with van der Waals surface area (Å²) in [6.45, 7) is -0.0733. The maximum atomic E-state index is 13.2. The van der Waals surface area contributed by atoms with Gasteiger partial charge in [-0.2, -0.15) is 0 Å². The number of aromatic nitrogens is 3. The molecule has 3 aromatic rings. The van der Waals surface area contributed by atoms with Crippen LogP contribution in [0.15, 0.2) is 64.4 Å². The van der Waals surface area contributed by atoms with Gasteiger partial charge < -0.3 is 10.3 Å². The predicted octanol–water partition coefficient (Wildman–Crippen LogP) is 1.37. The summed E-state index contributed by atoms with van der Waals surface area (Å²) in [5, 5.41) is 2.42. The van der Waals surface area contributed by atoms with E-state index in [2.05, 4.69) is 15.3 Å². The minimum absolute atomic E-state index is 0.0733. The molecule has 0 radical (unpaired) electrons. The van der Waals surface area contributed by atoms with Crippen LogP contribution < -0.4 is 16.6 Å². The third kappa shape index (κ3) is 3.69. The van der Waals surface area contributed by atoms with E-state index in [1.807, 2.05) is 0 Å². The Morgan fingerprint density at radius 3 is 2.76 bits per heavy atom. The number of anilines is 1. The van der Waals surface area contributed by atoms with Gasteiger partial charge >= 0.3 is 5.69 Å². The molecule has 0 aliphatic rings. The molecule has 0 unspecified atom stereocenters. The third-order valence-electron chi connectivity index (χ3n) is 3.43. The van der Waals surface area contributed by atoms with E-state index in [0.717, 1.165) is 16.8 Å². The molecule has 1 amide bonds. The molecule has 3 rings (SSSR count). The standard InChI is InChI=1S/C17H13FN4O3/c18-11-4-3-6-12(8-11)21-15(23)14-9-20-17(25)22(16(14)24)10-13-5-1-2-7-19-13/h1-9H,10H2,(H,20,25)(H,21,23). The summed E-state index contributed by atoms with van der Waals surface area (Å²) in [6, 6.07) is 10.4. The lowest BCUT2D eigenvalue weighted by Crippen LogP contribution is -2.39. The highest BCUT2D eigenvalue weighted by Gasteiger charge is 2.15. The van der Waals surface area contributed by atoms with Crippen molar-refractivity contribution in [1.82, 2.24) is 14.5 Å². The van der Waals surface area contributed by atoms with Crippen molar-refractivity contribution in [3.63, 3.8) is 0 Å². The Kier molecular flexibility index (Phi) is 4.51. The fourth-order valence-corrected chi connectivity index (χ4v) is 2.24. The van der Waals surface area contributed by atoms with E-state index < -0.39 is 23.0 Å². The third-order valence-corrected chi connectivity index (χ3v) is 3.43. The van der Waals surface area contributed by atoms with Gasteiger partial charge in [0.15, 0.2) is 0 Å². The second kappa shape index (κ2) is 6.91. The van der Waals surface area contributed by atoms with Crippen LogP contribution in [0.5, 0.6) is 0 Å². The molecule has 0 fully saturated rings. The van der Waals surface area contributed by atoms with Crippen LogP contribution in [0.3, 0.4) is 0 Å². The fourth-order valence-electron chi connectivity index (χ4n) is 2.24. The van der Waals surface area contributed by atoms with Crippen molar-refractivity contribution in [2.45, 2.75) is 6.54 Å². The quantitative estimate of drug-likeness (QED) is 0.750. The normalized spacial score (nSPS) is 10.4. The molecule has 0 saturated heterocycles. The first-order chi connectivity index (χ1) is 12.0. The molecule has 2 N–H and O–H groups in total. The van der Waals surface area contributed by atoms with Gasteiger partial charge in [0.2, 0.25) is 0 Å². The number of nitrogens with one attached hydrogen (secondary N) is 2. The lowest BCUT2D eigenvalue weighted by atomic mass is 10.2. The van der Waals surface area contributed by atoms with Crippen LogP contribution in [-0.4, -0.2) is 20.4 Å². The summed E-state index contributed by atoms with van der Waals surface area (Å²) in [5.41, 5.74) is -0.981. The molecule has 1 aromatic carbocycles. The molecule has 0 spiro atoms. The first kappa shape index (κ1) is 16.3. The molecule has 0 aliphatic heterocycles. The molecule has 2 heterocycles. The monoisotopic (exact) mass is 340 g/mol. The summed E-state index contributed by atoms with van der Waals surface area (Å²) in [7, 11) is 0. The van der Waals surface area contributed by atoms with Crippen molar-refractivity contribution >= 4 is 11.6 Å². The van der Waals surface area contributed by atoms with Gasteiger partial charge in [-0.05, 0) is 30.3 Å². The summed E-state index contributed by atoms with van der Waals surface area (Å²) < 4.78 is 14.1. The average Bonchev–Trinajstić information content (AvgIpc) is 2.59. The van der Waals surface area contributed by atoms with Gasteiger partial charge in [-0.15, -0.1) is 0 Å². The molecule has 0 aliphatic carbocycles. The lowest BCUT2D eigenvalue weighted by Gasteiger charge is -2.08. The van der Waals surface area contributed by atoms with E-state index in [1.54, 1.807) is 18.2 Å². The van der Waals surface area contributed by atoms with Crippen LogP contribution in [0.2, 0.25) is 0 Å². The largest absolute Gasteiger partial charge is 0.328 e. The minimum Gasteiger partial charge on any atom is -0.322 e. The minimum atomic E-state index is -0.761. The van der Waals surface area contributed by atoms with Gasteiger partial charge in [0.1, 0.15) is 11.4 Å². The predicted molar refractivity (Wildman–Crippen MR) is 89.0 cm³/mol. The number of hydrogen-bond donors (Lipinski definition) is 2. The highest BCUT2D eigenvalue weighted by atomic mass is 19.1. The molecule has 25 heavy (non-hydrogen) atoms. The number of carbonyl (C=O) groups is 1. The van der Waals surface area contributed by atoms with E-state index in [4.69, 9.17) is 0 Å². The number of pyridine rings is 1. The van der Waals surface area contributed by atoms with E-state index in [9.17, 15) is 18.8 Å². The molecule has 126 valence electrons. The maximum absolute atomic E-state index is 13.2. The maximum Gasteiger partial charge on any atom is 0.328 e. The Bertz CT molecular complexity index is 1030. The number of benzene rings is 1. The van der Waals surface area contributed by atoms with Gasteiger partial charge in [0.05, 0.1) is 12.2 Å². The molecular weight excluding hydrogens is 327 g/mol. The van der Waals surface area contributed by atoms with E-state index in [-0.39, 0.29) is 17.8 Å². The van der Waals surface area contributed by atoms with Crippen LogP contribution in [-0.2, 0) is 6.54 Å². The smallest absolute Gasteiger partial charge is 0.322 e. The Hall–Kier alpha value is -3.55. The second-order valence-electron chi connectivity index (χ2n) is 5.18. The van der Waals surface area contributed by atoms with Crippen molar-refractivity contribution < 1.29 is 9.18 Å². The summed E-state index contributed by atoms with van der Waals surface area (Å²) in [5.74, 6) is -1.27. The second-order valence-corrected chi connectivity index (χ2v) is 5.18. The summed E-state index contributed by atoms with van der Waals surface area (Å²) in [4.78, 5) is 43.1. The van der Waals surface area contributed by atoms with Gasteiger partial charge in [0, 0.05) is 18.1 Å². The van der Waals surface area contributed by atoms with Crippen LogP contribution in [0, 0.1) is 5.82 Å². The van der Waals surface area contributed by atoms with Crippen LogP contribution >= 0.6 is 0 Å². The van der Waals surface area contributed by atoms with Crippen molar-refractivity contribution in [3.05, 3.63) is 92.8 Å². The number of H-pyrrole nitrogens is 1. The van der Waals surface area contributed by atoms with Gasteiger partial charge in [0.25, 0.3) is 11.5 Å². The zero-order valence-corrected chi connectivity index (χ0v) is 12.9. The first-order valence-corrected chi connectivity index (χ1v) is 7.34. The SMILES string of the molecule is O=C(Nc1cccc(F)c1)c1c[nH]c(=O)n(Cc2ccccn2)c1=O. The molecular formula is C17H13FN4O3. The molecule has 0 saturated carbocycles. The zero-order chi connectivity index (χ0) is 17.8. The van der Waals surface area contributed by atoms with Gasteiger partial charge in [-0.3, -0.25) is 19.1 Å². The number of hydrogen-bond acceptors (Lipinski definition) is 4. The van der Waals surface area contributed by atoms with Crippen LogP contribution in [0.4, 0.5) is 10.1 Å². The van der Waals surface area contributed by atoms with Crippen LogP contribution in [0.1, 0.15) is 16.1 Å². The number of amides is 1. The lowest BCUT2D eigenvalue weighted by molar-refractivity contribution is 0.102. The molecule has 7 nitrogen and oxygen atoms in total. The molecule has 2 aromatic heterocycles. The van der Waals surface area contributed by atoms with Crippen molar-refractivity contribution in [3.8, 4) is 0 Å². The summed E-state index contributed by atoms with van der Waals surface area (Å²) >= 11 is 0.